The van der Waals surface area contributed by atoms with E-state index < -0.39 is 21.9 Å². The van der Waals surface area contributed by atoms with E-state index in [0.717, 1.165) is 11.6 Å². The maximum atomic E-state index is 14.3. The van der Waals surface area contributed by atoms with Crippen molar-refractivity contribution in [2.75, 3.05) is 0 Å². The standard InChI is InChI=1S/C23H24FNO6/c1-6-13-7-9-15(30-18-10-8-14(25(28)29)11-17(18)24)12-16(13)19-20(26)22(2,3)31-23(4,5)21(19)27/h7-12H,6H2,1-5H3,(H-,26,27,28,29)/p+1. The number of nitrogens with zero attached hydrogens (tertiary/aromatic N) is 1. The Hall–Kier alpha value is -3.26. The van der Waals surface area contributed by atoms with Crippen LogP contribution in [0.3, 0.4) is 0 Å². The van der Waals surface area contributed by atoms with Crippen molar-refractivity contribution in [1.82, 2.24) is 0 Å². The van der Waals surface area contributed by atoms with E-state index in [4.69, 9.17) is 14.7 Å². The third-order valence-corrected chi connectivity index (χ3v) is 5.19. The summed E-state index contributed by atoms with van der Waals surface area (Å²) in [5.74, 6) is -1.34. The van der Waals surface area contributed by atoms with Gasteiger partial charge in [0.25, 0.3) is 4.92 Å². The largest absolute Gasteiger partial charge is 0.508 e. The predicted octanol–water partition coefficient (Wildman–Crippen LogP) is 5.41. The molecule has 0 atom stereocenters. The lowest BCUT2D eigenvalue weighted by Gasteiger charge is -2.40. The second-order valence-corrected chi connectivity index (χ2v) is 8.34. The molecule has 0 radical (unpaired) electrons. The van der Waals surface area contributed by atoms with E-state index in [1.807, 2.05) is 6.92 Å². The Bertz CT molecular complexity index is 1100. The first-order valence-corrected chi connectivity index (χ1v) is 9.83. The van der Waals surface area contributed by atoms with E-state index in [2.05, 4.69) is 0 Å². The molecular weight excluding hydrogens is 405 g/mol. The van der Waals surface area contributed by atoms with Gasteiger partial charge in [-0.1, -0.05) is 13.0 Å². The fourth-order valence-electron chi connectivity index (χ4n) is 3.67. The molecule has 164 valence electrons. The van der Waals surface area contributed by atoms with Gasteiger partial charge < -0.3 is 14.6 Å². The van der Waals surface area contributed by atoms with Crippen LogP contribution >= 0.6 is 0 Å². The number of hydrogen-bond acceptors (Lipinski definition) is 5. The fraction of sp³-hybridized carbons (Fsp3) is 0.348. The Kier molecular flexibility index (Phi) is 5.62. The van der Waals surface area contributed by atoms with E-state index in [-0.39, 0.29) is 34.3 Å². The van der Waals surface area contributed by atoms with E-state index >= 15 is 0 Å². The molecule has 1 aliphatic rings. The molecule has 1 heterocycles. The molecule has 0 fully saturated rings. The third-order valence-electron chi connectivity index (χ3n) is 5.19. The average molecular weight is 430 g/mol. The molecule has 31 heavy (non-hydrogen) atoms. The summed E-state index contributed by atoms with van der Waals surface area (Å²) in [5.41, 5.74) is -1.09. The zero-order valence-electron chi connectivity index (χ0n) is 18.0. The van der Waals surface area contributed by atoms with Crippen molar-refractivity contribution in [3.63, 3.8) is 0 Å². The van der Waals surface area contributed by atoms with Crippen LogP contribution in [0.2, 0.25) is 0 Å². The topological polar surface area (TPSA) is 96.1 Å². The van der Waals surface area contributed by atoms with Crippen molar-refractivity contribution >= 4 is 17.0 Å². The molecular formula is C23H25FNO6+. The minimum atomic E-state index is -1.15. The first-order valence-electron chi connectivity index (χ1n) is 9.83. The molecule has 1 aliphatic heterocycles. The zero-order chi connectivity index (χ0) is 23.1. The van der Waals surface area contributed by atoms with Gasteiger partial charge in [0, 0.05) is 6.07 Å². The second kappa shape index (κ2) is 7.77. The van der Waals surface area contributed by atoms with Crippen molar-refractivity contribution in [2.45, 2.75) is 52.2 Å². The summed E-state index contributed by atoms with van der Waals surface area (Å²) in [6.45, 7) is 8.57. The van der Waals surface area contributed by atoms with Gasteiger partial charge in [0.2, 0.25) is 0 Å². The van der Waals surface area contributed by atoms with E-state index in [9.17, 15) is 19.2 Å². The molecule has 2 aromatic rings. The summed E-state index contributed by atoms with van der Waals surface area (Å²) < 4.78 is 25.7. The van der Waals surface area contributed by atoms with Gasteiger partial charge in [0.1, 0.15) is 22.7 Å². The summed E-state index contributed by atoms with van der Waals surface area (Å²) in [7, 11) is 0. The van der Waals surface area contributed by atoms with Crippen molar-refractivity contribution in [3.8, 4) is 11.5 Å². The molecule has 0 spiro atoms. The number of ketones is 1. The van der Waals surface area contributed by atoms with Crippen LogP contribution in [0.5, 0.6) is 11.5 Å². The third kappa shape index (κ3) is 4.16. The second-order valence-electron chi connectivity index (χ2n) is 8.34. The van der Waals surface area contributed by atoms with Crippen molar-refractivity contribution in [2.24, 2.45) is 0 Å². The summed E-state index contributed by atoms with van der Waals surface area (Å²) in [5, 5.41) is 19.8. The van der Waals surface area contributed by atoms with Gasteiger partial charge >= 0.3 is 5.69 Å². The van der Waals surface area contributed by atoms with Crippen LogP contribution in [0.4, 0.5) is 10.1 Å². The highest BCUT2D eigenvalue weighted by Gasteiger charge is 2.47. The number of aliphatic hydroxyl groups excluding tert-OH is 1. The number of ether oxygens (including phenoxy) is 2. The van der Waals surface area contributed by atoms with Crippen LogP contribution in [0, 0.1) is 10.7 Å². The molecule has 0 aromatic heterocycles. The average Bonchev–Trinajstić information content (AvgIpc) is 2.68. The van der Waals surface area contributed by atoms with Crippen LogP contribution in [0.25, 0.3) is 5.57 Å². The number of aryl methyl sites for hydroxylation is 1. The molecule has 0 saturated heterocycles. The number of carbonyl (C=O) groups excluding carboxylic acids is 1. The Morgan fingerprint density at radius 1 is 1.10 bits per heavy atom. The first-order chi connectivity index (χ1) is 14.4. The Balaban J connectivity index is 2.10. The summed E-state index contributed by atoms with van der Waals surface area (Å²) in [6.07, 6.45) is 0.584. The highest BCUT2D eigenvalue weighted by molar-refractivity contribution is 6.26. The van der Waals surface area contributed by atoms with Crippen LogP contribution in [0.15, 0.2) is 42.2 Å². The lowest BCUT2D eigenvalue weighted by atomic mass is 9.81. The predicted molar refractivity (Wildman–Crippen MR) is 111 cm³/mol. The lowest BCUT2D eigenvalue weighted by Crippen LogP contribution is -2.49. The van der Waals surface area contributed by atoms with Gasteiger partial charge in [0.05, 0.1) is 16.5 Å². The number of Topliss-reactive ketones (excluding diaryl/α,β-unsaturated/α-hetero) is 1. The number of carbonyl (C=O) groups is 1. The lowest BCUT2D eigenvalue weighted by molar-refractivity contribution is -0.729. The van der Waals surface area contributed by atoms with Gasteiger partial charge in [-0.3, -0.25) is 4.79 Å². The summed E-state index contributed by atoms with van der Waals surface area (Å²) in [6, 6.07) is 8.19. The molecule has 7 nitrogen and oxygen atoms in total. The fourth-order valence-corrected chi connectivity index (χ4v) is 3.67. The van der Waals surface area contributed by atoms with Gasteiger partial charge in [-0.25, -0.2) is 9.60 Å². The number of halogens is 1. The quantitative estimate of drug-likeness (QED) is 0.616. The molecule has 3 rings (SSSR count). The molecule has 0 unspecified atom stereocenters. The molecule has 0 aliphatic carbocycles. The highest BCUT2D eigenvalue weighted by Crippen LogP contribution is 2.42. The van der Waals surface area contributed by atoms with Gasteiger partial charge in [-0.05, 0) is 63.4 Å². The zero-order valence-corrected chi connectivity index (χ0v) is 18.0. The number of benzene rings is 2. The smallest absolute Gasteiger partial charge is 0.319 e. The SMILES string of the molecule is CCc1ccc(Oc2ccc([N+](=O)O)cc2F)cc1C1=C(O)C(C)(C)OC(C)(C)C1=O. The monoisotopic (exact) mass is 430 g/mol. The normalized spacial score (nSPS) is 17.5. The molecule has 0 bridgehead atoms. The Morgan fingerprint density at radius 2 is 1.77 bits per heavy atom. The molecule has 0 amide bonds. The van der Waals surface area contributed by atoms with Gasteiger partial charge in [0.15, 0.2) is 17.3 Å². The molecule has 0 saturated carbocycles. The maximum Gasteiger partial charge on any atom is 0.319 e. The van der Waals surface area contributed by atoms with E-state index in [1.165, 1.54) is 12.1 Å². The van der Waals surface area contributed by atoms with Gasteiger partial charge in [-0.15, -0.1) is 0 Å². The van der Waals surface area contributed by atoms with Crippen LogP contribution in [-0.4, -0.2) is 32.2 Å². The van der Waals surface area contributed by atoms with Gasteiger partial charge in [-0.2, -0.15) is 0 Å². The number of hydrogen-bond donors (Lipinski definition) is 2. The van der Waals surface area contributed by atoms with Crippen molar-refractivity contribution < 1.29 is 33.9 Å². The summed E-state index contributed by atoms with van der Waals surface area (Å²) >= 11 is 0. The van der Waals surface area contributed by atoms with Crippen LogP contribution in [0.1, 0.15) is 45.7 Å². The minimum absolute atomic E-state index is 0.140. The Labute approximate surface area is 179 Å². The van der Waals surface area contributed by atoms with Crippen LogP contribution < -0.4 is 4.74 Å². The minimum Gasteiger partial charge on any atom is -0.508 e. The Morgan fingerprint density at radius 3 is 2.35 bits per heavy atom. The van der Waals surface area contributed by atoms with Crippen LogP contribution in [-0.2, 0) is 16.0 Å². The van der Waals surface area contributed by atoms with E-state index in [1.54, 1.807) is 45.9 Å². The number of rotatable bonds is 5. The first kappa shape index (κ1) is 22.4. The summed E-state index contributed by atoms with van der Waals surface area (Å²) in [4.78, 5) is 23.6. The maximum absolute atomic E-state index is 14.3. The molecule has 2 N–H and O–H groups in total. The molecule has 2 aromatic carbocycles. The molecule has 8 heteroatoms. The van der Waals surface area contributed by atoms with E-state index in [0.29, 0.717) is 12.0 Å². The highest BCUT2D eigenvalue weighted by atomic mass is 19.1. The van der Waals surface area contributed by atoms with Crippen molar-refractivity contribution in [1.29, 1.82) is 0 Å². The van der Waals surface area contributed by atoms with Crippen molar-refractivity contribution in [3.05, 3.63) is 64.0 Å². The number of aliphatic hydroxyl groups is 1.